The van der Waals surface area contributed by atoms with E-state index < -0.39 is 25.0 Å². The molecule has 130 valence electrons. The van der Waals surface area contributed by atoms with Crippen molar-refractivity contribution >= 4 is 7.60 Å². The van der Waals surface area contributed by atoms with Crippen molar-refractivity contribution in [3.63, 3.8) is 0 Å². The Balaban J connectivity index is 1.98. The highest BCUT2D eigenvalue weighted by Crippen LogP contribution is 2.58. The van der Waals surface area contributed by atoms with Crippen LogP contribution in [0.15, 0.2) is 6.20 Å². The fourth-order valence-corrected chi connectivity index (χ4v) is 4.05. The smallest absolute Gasteiger partial charge is 0.163 e. The van der Waals surface area contributed by atoms with E-state index >= 15 is 0 Å². The third kappa shape index (κ3) is 2.57. The van der Waals surface area contributed by atoms with Crippen molar-refractivity contribution < 1.29 is 23.5 Å². The quantitative estimate of drug-likeness (QED) is 0.715. The highest BCUT2D eigenvalue weighted by Gasteiger charge is 2.65. The van der Waals surface area contributed by atoms with Gasteiger partial charge < -0.3 is 23.5 Å². The molecular formula is C14H23N3O5P-. The van der Waals surface area contributed by atoms with Crippen LogP contribution in [0.4, 0.5) is 0 Å². The molecule has 0 aliphatic carbocycles. The molecule has 0 radical (unpaired) electrons. The van der Waals surface area contributed by atoms with Crippen LogP contribution in [0.1, 0.15) is 46.4 Å². The zero-order chi connectivity index (χ0) is 17.0. The number of hydrogen-bond donors (Lipinski definition) is 0. The van der Waals surface area contributed by atoms with Gasteiger partial charge in [-0.05, 0) is 20.8 Å². The first-order chi connectivity index (χ1) is 10.7. The molecule has 9 heteroatoms. The van der Waals surface area contributed by atoms with E-state index in [1.807, 2.05) is 20.8 Å². The largest absolute Gasteiger partial charge is 0.778 e. The molecule has 0 aromatic carbocycles. The van der Waals surface area contributed by atoms with Gasteiger partial charge in [-0.2, -0.15) is 0 Å². The first-order valence-corrected chi connectivity index (χ1v) is 9.49. The summed E-state index contributed by atoms with van der Waals surface area (Å²) < 4.78 is 31.5. The molecule has 1 aromatic heterocycles. The maximum absolute atomic E-state index is 12.3. The summed E-state index contributed by atoms with van der Waals surface area (Å²) >= 11 is 0. The van der Waals surface area contributed by atoms with Gasteiger partial charge in [0.1, 0.15) is 19.7 Å². The van der Waals surface area contributed by atoms with E-state index in [4.69, 9.17) is 14.0 Å². The Morgan fingerprint density at radius 2 is 2.17 bits per heavy atom. The minimum atomic E-state index is -4.02. The second kappa shape index (κ2) is 5.63. The van der Waals surface area contributed by atoms with E-state index in [2.05, 4.69) is 10.3 Å². The Kier molecular flexibility index (Phi) is 4.18. The van der Waals surface area contributed by atoms with Crippen molar-refractivity contribution in [3.05, 3.63) is 11.9 Å². The number of hydrogen-bond acceptors (Lipinski definition) is 7. The zero-order valence-electron chi connectivity index (χ0n) is 14.0. The maximum Gasteiger partial charge on any atom is 0.163 e. The van der Waals surface area contributed by atoms with Crippen LogP contribution in [0, 0.1) is 0 Å². The van der Waals surface area contributed by atoms with Gasteiger partial charge in [-0.25, -0.2) is 4.68 Å². The zero-order valence-corrected chi connectivity index (χ0v) is 14.9. The summed E-state index contributed by atoms with van der Waals surface area (Å²) in [5, 5.41) is 8.02. The van der Waals surface area contributed by atoms with Gasteiger partial charge in [-0.15, -0.1) is 5.10 Å². The second-order valence-corrected chi connectivity index (χ2v) is 9.11. The first kappa shape index (κ1) is 17.0. The van der Waals surface area contributed by atoms with Crippen LogP contribution < -0.4 is 4.89 Å². The number of aromatic nitrogens is 3. The molecule has 1 unspecified atom stereocenters. The van der Waals surface area contributed by atoms with Gasteiger partial charge in [0.05, 0.1) is 30.7 Å². The molecule has 0 N–H and O–H groups in total. The van der Waals surface area contributed by atoms with Gasteiger partial charge in [0.2, 0.25) is 0 Å². The van der Waals surface area contributed by atoms with E-state index in [0.717, 1.165) is 0 Å². The summed E-state index contributed by atoms with van der Waals surface area (Å²) in [5.74, 6) is 0. The van der Waals surface area contributed by atoms with E-state index in [0.29, 0.717) is 5.69 Å². The lowest BCUT2D eigenvalue weighted by atomic mass is 9.96. The van der Waals surface area contributed by atoms with E-state index in [1.165, 1.54) is 0 Å². The van der Waals surface area contributed by atoms with Crippen molar-refractivity contribution in [1.29, 1.82) is 0 Å². The Hall–Kier alpha value is -0.790. The number of fused-ring (bicyclic) bond motifs is 5. The number of ether oxygens (including phenoxy) is 2. The summed E-state index contributed by atoms with van der Waals surface area (Å²) in [7, 11) is -4.02. The van der Waals surface area contributed by atoms with E-state index in [9.17, 15) is 9.46 Å². The Morgan fingerprint density at radius 3 is 2.78 bits per heavy atom. The van der Waals surface area contributed by atoms with Crippen LogP contribution in [-0.2, 0) is 24.2 Å². The molecular weight excluding hydrogens is 321 g/mol. The monoisotopic (exact) mass is 344 g/mol. The average molecular weight is 344 g/mol. The summed E-state index contributed by atoms with van der Waals surface area (Å²) in [6.45, 7) is 9.12. The van der Waals surface area contributed by atoms with Crippen molar-refractivity contribution in [2.24, 2.45) is 0 Å². The normalized spacial score (nSPS) is 35.0. The second-order valence-electron chi connectivity index (χ2n) is 6.79. The average Bonchev–Trinajstić information content (AvgIpc) is 3.06. The SMILES string of the molecule is CC(C)OC[C@@]12O[C@@H](C)[C@@H]([C@@H]1OP(=O)([O-])C(C)C)n1nncc12. The van der Waals surface area contributed by atoms with Gasteiger partial charge in [0.15, 0.2) is 5.60 Å². The first-order valence-electron chi connectivity index (χ1n) is 7.88. The lowest BCUT2D eigenvalue weighted by Gasteiger charge is -2.36. The van der Waals surface area contributed by atoms with Crippen LogP contribution >= 0.6 is 7.60 Å². The Bertz CT molecular complexity index is 634. The predicted molar refractivity (Wildman–Crippen MR) is 80.0 cm³/mol. The topological polar surface area (TPSA) is 98.5 Å². The van der Waals surface area contributed by atoms with Crippen LogP contribution in [0.3, 0.4) is 0 Å². The summed E-state index contributed by atoms with van der Waals surface area (Å²) in [5.41, 5.74) is -0.895. The maximum atomic E-state index is 12.3. The van der Waals surface area contributed by atoms with Gasteiger partial charge >= 0.3 is 0 Å². The van der Waals surface area contributed by atoms with Crippen molar-refractivity contribution in [2.45, 2.75) is 70.2 Å². The molecule has 5 atom stereocenters. The molecule has 0 saturated carbocycles. The molecule has 2 aliphatic rings. The molecule has 1 saturated heterocycles. The molecule has 3 rings (SSSR count). The minimum absolute atomic E-state index is 0.0166. The molecule has 0 amide bonds. The van der Waals surface area contributed by atoms with Gasteiger partial charge in [0, 0.05) is 5.66 Å². The van der Waals surface area contributed by atoms with Gasteiger partial charge in [-0.3, -0.25) is 0 Å². The minimum Gasteiger partial charge on any atom is -0.778 e. The fourth-order valence-electron chi connectivity index (χ4n) is 3.20. The summed E-state index contributed by atoms with van der Waals surface area (Å²) in [6.07, 6.45) is 0.651. The molecule has 23 heavy (non-hydrogen) atoms. The lowest BCUT2D eigenvalue weighted by molar-refractivity contribution is -0.213. The molecule has 3 heterocycles. The Morgan fingerprint density at radius 1 is 1.48 bits per heavy atom. The predicted octanol–water partition coefficient (Wildman–Crippen LogP) is 1.22. The van der Waals surface area contributed by atoms with E-state index in [-0.39, 0.29) is 24.9 Å². The third-order valence-corrected chi connectivity index (χ3v) is 6.25. The fraction of sp³-hybridized carbons (Fsp3) is 0.857. The van der Waals surface area contributed by atoms with Crippen LogP contribution in [-0.4, -0.2) is 45.6 Å². The summed E-state index contributed by atoms with van der Waals surface area (Å²) in [6, 6.07) is -0.329. The molecule has 0 spiro atoms. The van der Waals surface area contributed by atoms with E-state index in [1.54, 1.807) is 24.7 Å². The van der Waals surface area contributed by atoms with Crippen LogP contribution in [0.5, 0.6) is 0 Å². The highest BCUT2D eigenvalue weighted by atomic mass is 31.2. The van der Waals surface area contributed by atoms with Crippen LogP contribution in [0.2, 0.25) is 0 Å². The Labute approximate surface area is 135 Å². The molecule has 8 nitrogen and oxygen atoms in total. The van der Waals surface area contributed by atoms with Crippen molar-refractivity contribution in [3.8, 4) is 0 Å². The number of rotatable bonds is 6. The highest BCUT2D eigenvalue weighted by molar-refractivity contribution is 7.52. The van der Waals surface area contributed by atoms with Gasteiger partial charge in [0.25, 0.3) is 0 Å². The standard InChI is InChI=1S/C14H24N3O5P/c1-8(2)20-7-14-11-6-15-16-17(11)12(10(5)21-14)13(14)22-23(18,19)9(3)4/h6,8-10,12-13H,7H2,1-5H3,(H,18,19)/p-1/t10-,12-,13-,14-/m0/s1. The third-order valence-electron chi connectivity index (χ3n) is 4.46. The molecule has 2 aliphatic heterocycles. The molecule has 1 fully saturated rings. The van der Waals surface area contributed by atoms with Crippen molar-refractivity contribution in [1.82, 2.24) is 15.0 Å². The molecule has 2 bridgehead atoms. The van der Waals surface area contributed by atoms with Crippen LogP contribution in [0.25, 0.3) is 0 Å². The number of nitrogens with zero attached hydrogens (tertiary/aromatic N) is 3. The lowest BCUT2D eigenvalue weighted by Crippen LogP contribution is -2.42. The van der Waals surface area contributed by atoms with Crippen molar-refractivity contribution in [2.75, 3.05) is 6.61 Å². The van der Waals surface area contributed by atoms with Gasteiger partial charge in [-0.1, -0.05) is 19.1 Å². The molecule has 1 aromatic rings. The summed E-state index contributed by atoms with van der Waals surface area (Å²) in [4.78, 5) is 12.3.